The third-order valence-electron chi connectivity index (χ3n) is 2.15. The number of benzene rings is 1. The smallest absolute Gasteiger partial charge is 0.229 e. The third kappa shape index (κ3) is 5.88. The zero-order valence-electron chi connectivity index (χ0n) is 10.9. The number of anilines is 2. The average Bonchev–Trinajstić information content (AvgIpc) is 2.24. The van der Waals surface area contributed by atoms with Crippen molar-refractivity contribution in [3.05, 3.63) is 24.3 Å². The molecule has 0 aliphatic heterocycles. The van der Waals surface area contributed by atoms with Gasteiger partial charge in [0.15, 0.2) is 0 Å². The average molecular weight is 272 g/mol. The number of sulfonamides is 1. The monoisotopic (exact) mass is 272 g/mol. The van der Waals surface area contributed by atoms with Crippen LogP contribution in [0.15, 0.2) is 24.3 Å². The second kappa shape index (κ2) is 6.61. The molecule has 0 aromatic heterocycles. The summed E-state index contributed by atoms with van der Waals surface area (Å²) in [4.78, 5) is 0. The predicted octanol–water partition coefficient (Wildman–Crippen LogP) is 1.89. The third-order valence-corrected chi connectivity index (χ3v) is 2.76. The van der Waals surface area contributed by atoms with Gasteiger partial charge in [0, 0.05) is 18.3 Å². The fourth-order valence-corrected chi connectivity index (χ4v) is 2.06. The van der Waals surface area contributed by atoms with E-state index in [1.807, 2.05) is 19.9 Å². The van der Waals surface area contributed by atoms with Crippen molar-refractivity contribution in [2.24, 2.45) is 0 Å². The molecule has 0 spiro atoms. The molecule has 1 atom stereocenters. The van der Waals surface area contributed by atoms with Crippen molar-refractivity contribution in [2.45, 2.75) is 19.9 Å². The van der Waals surface area contributed by atoms with Gasteiger partial charge in [-0.25, -0.2) is 8.42 Å². The number of hydrogen-bond donors (Lipinski definition) is 2. The summed E-state index contributed by atoms with van der Waals surface area (Å²) in [6.07, 6.45) is 1.13. The summed E-state index contributed by atoms with van der Waals surface area (Å²) < 4.78 is 30.0. The van der Waals surface area contributed by atoms with Crippen molar-refractivity contribution in [1.82, 2.24) is 0 Å². The summed E-state index contributed by atoms with van der Waals surface area (Å²) >= 11 is 0. The van der Waals surface area contributed by atoms with Crippen LogP contribution in [0.5, 0.6) is 0 Å². The first-order chi connectivity index (χ1) is 8.40. The Kier molecular flexibility index (Phi) is 5.43. The molecule has 1 unspecified atom stereocenters. The number of ether oxygens (including phenoxy) is 1. The van der Waals surface area contributed by atoms with Crippen molar-refractivity contribution in [1.29, 1.82) is 0 Å². The molecule has 0 heterocycles. The Morgan fingerprint density at radius 2 is 2.00 bits per heavy atom. The molecule has 0 radical (unpaired) electrons. The largest absolute Gasteiger partial charge is 0.380 e. The van der Waals surface area contributed by atoms with Crippen LogP contribution in [0.25, 0.3) is 0 Å². The molecule has 0 aliphatic rings. The standard InChI is InChI=1S/C12H20N2O3S/c1-4-17-9-10(2)13-11-6-5-7-12(8-11)14-18(3,15)16/h5-8,10,13-14H,4,9H2,1-3H3. The number of nitrogens with one attached hydrogen (secondary N) is 2. The van der Waals surface area contributed by atoms with Gasteiger partial charge in [0.1, 0.15) is 0 Å². The molecule has 1 rings (SSSR count). The van der Waals surface area contributed by atoms with Crippen molar-refractivity contribution < 1.29 is 13.2 Å². The van der Waals surface area contributed by atoms with Gasteiger partial charge in [0.25, 0.3) is 0 Å². The van der Waals surface area contributed by atoms with Gasteiger partial charge < -0.3 is 10.1 Å². The van der Waals surface area contributed by atoms with Crippen molar-refractivity contribution in [2.75, 3.05) is 29.5 Å². The van der Waals surface area contributed by atoms with E-state index in [4.69, 9.17) is 4.74 Å². The summed E-state index contributed by atoms with van der Waals surface area (Å²) in [7, 11) is -3.24. The zero-order chi connectivity index (χ0) is 13.6. The van der Waals surface area contributed by atoms with E-state index < -0.39 is 10.0 Å². The summed E-state index contributed by atoms with van der Waals surface area (Å²) in [5, 5.41) is 3.24. The molecule has 18 heavy (non-hydrogen) atoms. The fraction of sp³-hybridized carbons (Fsp3) is 0.500. The molecule has 2 N–H and O–H groups in total. The first kappa shape index (κ1) is 14.8. The summed E-state index contributed by atoms with van der Waals surface area (Å²) in [6.45, 7) is 5.25. The van der Waals surface area contributed by atoms with Gasteiger partial charge in [0.2, 0.25) is 10.0 Å². The molecule has 0 amide bonds. The molecule has 0 aliphatic carbocycles. The van der Waals surface area contributed by atoms with Crippen LogP contribution in [0.3, 0.4) is 0 Å². The fourth-order valence-electron chi connectivity index (χ4n) is 1.51. The first-order valence-corrected chi connectivity index (χ1v) is 7.72. The lowest BCUT2D eigenvalue weighted by molar-refractivity contribution is 0.141. The van der Waals surface area contributed by atoms with Crippen LogP contribution in [-0.4, -0.2) is 33.9 Å². The van der Waals surface area contributed by atoms with Crippen LogP contribution in [0.4, 0.5) is 11.4 Å². The minimum atomic E-state index is -3.24. The second-order valence-electron chi connectivity index (χ2n) is 4.16. The van der Waals surface area contributed by atoms with E-state index in [-0.39, 0.29) is 6.04 Å². The van der Waals surface area contributed by atoms with Crippen LogP contribution in [-0.2, 0) is 14.8 Å². The van der Waals surface area contributed by atoms with Gasteiger partial charge in [-0.15, -0.1) is 0 Å². The van der Waals surface area contributed by atoms with Crippen LogP contribution < -0.4 is 10.0 Å². The van der Waals surface area contributed by atoms with Crippen molar-refractivity contribution in [3.8, 4) is 0 Å². The summed E-state index contributed by atoms with van der Waals surface area (Å²) in [5.74, 6) is 0. The van der Waals surface area contributed by atoms with E-state index in [0.29, 0.717) is 18.9 Å². The highest BCUT2D eigenvalue weighted by atomic mass is 32.2. The molecular formula is C12H20N2O3S. The molecule has 5 nitrogen and oxygen atoms in total. The maximum absolute atomic E-state index is 11.1. The highest BCUT2D eigenvalue weighted by molar-refractivity contribution is 7.92. The summed E-state index contributed by atoms with van der Waals surface area (Å²) in [6, 6.07) is 7.31. The first-order valence-electron chi connectivity index (χ1n) is 5.83. The molecular weight excluding hydrogens is 252 g/mol. The Balaban J connectivity index is 2.64. The molecule has 0 saturated heterocycles. The Morgan fingerprint density at radius 3 is 2.61 bits per heavy atom. The Morgan fingerprint density at radius 1 is 1.33 bits per heavy atom. The predicted molar refractivity (Wildman–Crippen MR) is 74.5 cm³/mol. The Labute approximate surface area is 109 Å². The van der Waals surface area contributed by atoms with E-state index in [1.54, 1.807) is 18.2 Å². The van der Waals surface area contributed by atoms with Gasteiger partial charge in [0.05, 0.1) is 18.6 Å². The molecule has 102 valence electrons. The molecule has 0 bridgehead atoms. The van der Waals surface area contributed by atoms with Gasteiger partial charge in [-0.05, 0) is 32.0 Å². The Hall–Kier alpha value is -1.27. The lowest BCUT2D eigenvalue weighted by Crippen LogP contribution is -2.21. The highest BCUT2D eigenvalue weighted by Gasteiger charge is 2.05. The van der Waals surface area contributed by atoms with E-state index in [2.05, 4.69) is 10.0 Å². The number of rotatable bonds is 7. The molecule has 0 fully saturated rings. The lowest BCUT2D eigenvalue weighted by Gasteiger charge is -2.15. The molecule has 0 saturated carbocycles. The van der Waals surface area contributed by atoms with Gasteiger partial charge in [-0.1, -0.05) is 6.07 Å². The van der Waals surface area contributed by atoms with E-state index in [9.17, 15) is 8.42 Å². The van der Waals surface area contributed by atoms with E-state index in [0.717, 1.165) is 11.9 Å². The van der Waals surface area contributed by atoms with Gasteiger partial charge in [-0.2, -0.15) is 0 Å². The second-order valence-corrected chi connectivity index (χ2v) is 5.91. The Bertz CT molecular complexity index is 474. The van der Waals surface area contributed by atoms with E-state index in [1.165, 1.54) is 0 Å². The van der Waals surface area contributed by atoms with Crippen molar-refractivity contribution >= 4 is 21.4 Å². The number of hydrogen-bond acceptors (Lipinski definition) is 4. The normalized spacial score (nSPS) is 13.1. The van der Waals surface area contributed by atoms with E-state index >= 15 is 0 Å². The summed E-state index contributed by atoms with van der Waals surface area (Å²) in [5.41, 5.74) is 1.40. The molecule has 1 aromatic rings. The maximum atomic E-state index is 11.1. The van der Waals surface area contributed by atoms with Crippen LogP contribution in [0, 0.1) is 0 Å². The van der Waals surface area contributed by atoms with Crippen molar-refractivity contribution in [3.63, 3.8) is 0 Å². The minimum Gasteiger partial charge on any atom is -0.380 e. The van der Waals surface area contributed by atoms with Crippen LogP contribution in [0.1, 0.15) is 13.8 Å². The quantitative estimate of drug-likeness (QED) is 0.795. The topological polar surface area (TPSA) is 67.4 Å². The van der Waals surface area contributed by atoms with Crippen LogP contribution >= 0.6 is 0 Å². The van der Waals surface area contributed by atoms with Gasteiger partial charge >= 0.3 is 0 Å². The molecule has 1 aromatic carbocycles. The highest BCUT2D eigenvalue weighted by Crippen LogP contribution is 2.16. The minimum absolute atomic E-state index is 0.165. The SMILES string of the molecule is CCOCC(C)Nc1cccc(NS(C)(=O)=O)c1. The van der Waals surface area contributed by atoms with Crippen LogP contribution in [0.2, 0.25) is 0 Å². The lowest BCUT2D eigenvalue weighted by atomic mass is 10.2. The maximum Gasteiger partial charge on any atom is 0.229 e. The van der Waals surface area contributed by atoms with Gasteiger partial charge in [-0.3, -0.25) is 4.72 Å². The molecule has 6 heteroatoms. The zero-order valence-corrected chi connectivity index (χ0v) is 11.8.